The topological polar surface area (TPSA) is 83.9 Å². The van der Waals surface area contributed by atoms with Gasteiger partial charge in [0.05, 0.1) is 5.52 Å². The molecular formula is C20H23N5O2. The molecule has 0 aliphatic carbocycles. The fourth-order valence-electron chi connectivity index (χ4n) is 3.84. The molecule has 0 spiro atoms. The maximum absolute atomic E-state index is 13.1. The summed E-state index contributed by atoms with van der Waals surface area (Å²) in [5, 5.41) is 7.70. The summed E-state index contributed by atoms with van der Waals surface area (Å²) < 4.78 is 1.85. The molecule has 0 unspecified atom stereocenters. The number of carbonyl (C=O) groups excluding carboxylic acids is 1. The molecule has 1 aliphatic heterocycles. The summed E-state index contributed by atoms with van der Waals surface area (Å²) in [6, 6.07) is 5.74. The van der Waals surface area contributed by atoms with Crippen molar-refractivity contribution in [1.29, 1.82) is 0 Å². The third-order valence-corrected chi connectivity index (χ3v) is 5.26. The predicted molar refractivity (Wildman–Crippen MR) is 103 cm³/mol. The van der Waals surface area contributed by atoms with E-state index in [0.717, 1.165) is 35.6 Å². The molecule has 7 heteroatoms. The standard InChI is InChI=1S/C20H23N5O2/c1-12-6-7-17-15(9-12)18(26)16(11-24(17)3)20(27)25-8-4-5-14(10-25)19-21-13(2)22-23-19/h6-7,9,11,14H,4-5,8,10H2,1-3H3,(H,21,22,23)/t14-/m0/s1. The SMILES string of the molecule is Cc1ccc2c(c1)c(=O)c(C(=O)N1CCC[C@H](c3n[nH]c(C)n3)C1)cn2C. The van der Waals surface area contributed by atoms with Crippen LogP contribution in [0.4, 0.5) is 0 Å². The molecule has 1 N–H and O–H groups in total. The third kappa shape index (κ3) is 3.13. The van der Waals surface area contributed by atoms with E-state index in [1.165, 1.54) is 0 Å². The smallest absolute Gasteiger partial charge is 0.259 e. The summed E-state index contributed by atoms with van der Waals surface area (Å²) in [4.78, 5) is 32.3. The fourth-order valence-corrected chi connectivity index (χ4v) is 3.84. The Labute approximate surface area is 157 Å². The van der Waals surface area contributed by atoms with Crippen LogP contribution in [0.2, 0.25) is 0 Å². The molecule has 27 heavy (non-hydrogen) atoms. The highest BCUT2D eigenvalue weighted by molar-refractivity contribution is 5.97. The van der Waals surface area contributed by atoms with Gasteiger partial charge in [0.1, 0.15) is 11.4 Å². The van der Waals surface area contributed by atoms with E-state index < -0.39 is 0 Å². The minimum Gasteiger partial charge on any atom is -0.350 e. The summed E-state index contributed by atoms with van der Waals surface area (Å²) in [5.74, 6) is 1.40. The summed E-state index contributed by atoms with van der Waals surface area (Å²) in [5.41, 5.74) is 1.85. The first-order valence-electron chi connectivity index (χ1n) is 9.22. The summed E-state index contributed by atoms with van der Waals surface area (Å²) in [7, 11) is 1.86. The zero-order chi connectivity index (χ0) is 19.1. The number of fused-ring (bicyclic) bond motifs is 1. The number of hydrogen-bond donors (Lipinski definition) is 1. The van der Waals surface area contributed by atoms with E-state index in [4.69, 9.17) is 0 Å². The van der Waals surface area contributed by atoms with E-state index in [2.05, 4.69) is 15.2 Å². The number of rotatable bonds is 2. The quantitative estimate of drug-likeness (QED) is 0.755. The van der Waals surface area contributed by atoms with Crippen molar-refractivity contribution < 1.29 is 4.79 Å². The molecule has 3 heterocycles. The van der Waals surface area contributed by atoms with Crippen molar-refractivity contribution in [3.05, 3.63) is 57.4 Å². The number of amides is 1. The van der Waals surface area contributed by atoms with Crippen molar-refractivity contribution in [3.8, 4) is 0 Å². The van der Waals surface area contributed by atoms with Crippen molar-refractivity contribution in [2.45, 2.75) is 32.6 Å². The number of piperidine rings is 1. The van der Waals surface area contributed by atoms with Crippen LogP contribution in [0.25, 0.3) is 10.9 Å². The van der Waals surface area contributed by atoms with Gasteiger partial charge in [0.15, 0.2) is 5.82 Å². The number of pyridine rings is 1. The Kier molecular flexibility index (Phi) is 4.30. The number of aryl methyl sites for hydroxylation is 3. The zero-order valence-corrected chi connectivity index (χ0v) is 15.8. The highest BCUT2D eigenvalue weighted by Crippen LogP contribution is 2.25. The molecule has 1 saturated heterocycles. The van der Waals surface area contributed by atoms with Crippen LogP contribution >= 0.6 is 0 Å². The lowest BCUT2D eigenvalue weighted by Crippen LogP contribution is -2.41. The van der Waals surface area contributed by atoms with Crippen molar-refractivity contribution in [2.75, 3.05) is 13.1 Å². The van der Waals surface area contributed by atoms with Crippen LogP contribution in [0, 0.1) is 13.8 Å². The van der Waals surface area contributed by atoms with E-state index >= 15 is 0 Å². The van der Waals surface area contributed by atoms with E-state index in [0.29, 0.717) is 18.5 Å². The van der Waals surface area contributed by atoms with Gasteiger partial charge in [0.2, 0.25) is 5.43 Å². The van der Waals surface area contributed by atoms with E-state index in [-0.39, 0.29) is 22.8 Å². The predicted octanol–water partition coefficient (Wildman–Crippen LogP) is 2.29. The van der Waals surface area contributed by atoms with Gasteiger partial charge in [-0.1, -0.05) is 11.6 Å². The summed E-state index contributed by atoms with van der Waals surface area (Å²) >= 11 is 0. The van der Waals surface area contributed by atoms with Gasteiger partial charge in [-0.25, -0.2) is 4.98 Å². The van der Waals surface area contributed by atoms with Crippen molar-refractivity contribution in [3.63, 3.8) is 0 Å². The second kappa shape index (κ2) is 6.64. The number of carbonyl (C=O) groups is 1. The van der Waals surface area contributed by atoms with Gasteiger partial charge in [-0.3, -0.25) is 14.7 Å². The lowest BCUT2D eigenvalue weighted by Gasteiger charge is -2.31. The van der Waals surface area contributed by atoms with Gasteiger partial charge < -0.3 is 9.47 Å². The van der Waals surface area contributed by atoms with Gasteiger partial charge in [-0.05, 0) is 38.8 Å². The first kappa shape index (κ1) is 17.5. The second-order valence-corrected chi connectivity index (χ2v) is 7.37. The summed E-state index contributed by atoms with van der Waals surface area (Å²) in [6.07, 6.45) is 3.47. The molecule has 0 bridgehead atoms. The highest BCUT2D eigenvalue weighted by Gasteiger charge is 2.29. The Balaban J connectivity index is 1.68. The Bertz CT molecular complexity index is 1080. The Morgan fingerprint density at radius 1 is 1.30 bits per heavy atom. The van der Waals surface area contributed by atoms with Crippen LogP contribution in [0.15, 0.2) is 29.2 Å². The Morgan fingerprint density at radius 3 is 2.85 bits per heavy atom. The molecule has 1 atom stereocenters. The van der Waals surface area contributed by atoms with Gasteiger partial charge in [0, 0.05) is 37.6 Å². The van der Waals surface area contributed by atoms with Crippen LogP contribution in [-0.4, -0.2) is 43.6 Å². The number of aromatic nitrogens is 4. The lowest BCUT2D eigenvalue weighted by atomic mass is 9.96. The maximum Gasteiger partial charge on any atom is 0.259 e. The fraction of sp³-hybridized carbons (Fsp3) is 0.400. The van der Waals surface area contributed by atoms with E-state index in [9.17, 15) is 9.59 Å². The van der Waals surface area contributed by atoms with Crippen molar-refractivity contribution in [1.82, 2.24) is 24.6 Å². The minimum absolute atomic E-state index is 0.0965. The average molecular weight is 365 g/mol. The molecule has 2 aromatic heterocycles. The Morgan fingerprint density at radius 2 is 2.11 bits per heavy atom. The molecule has 7 nitrogen and oxygen atoms in total. The molecule has 1 amide bonds. The van der Waals surface area contributed by atoms with Crippen LogP contribution in [0.3, 0.4) is 0 Å². The highest BCUT2D eigenvalue weighted by atomic mass is 16.2. The number of aromatic amines is 1. The van der Waals surface area contributed by atoms with Crippen molar-refractivity contribution >= 4 is 16.8 Å². The Hall–Kier alpha value is -2.96. The molecule has 3 aromatic rings. The van der Waals surface area contributed by atoms with Crippen LogP contribution < -0.4 is 5.43 Å². The molecular weight excluding hydrogens is 342 g/mol. The van der Waals surface area contributed by atoms with Gasteiger partial charge in [0.25, 0.3) is 5.91 Å². The molecule has 1 fully saturated rings. The average Bonchev–Trinajstić information content (AvgIpc) is 3.10. The monoisotopic (exact) mass is 365 g/mol. The lowest BCUT2D eigenvalue weighted by molar-refractivity contribution is 0.0702. The number of likely N-dealkylation sites (tertiary alicyclic amines) is 1. The first-order chi connectivity index (χ1) is 12.9. The van der Waals surface area contributed by atoms with E-state index in [1.807, 2.05) is 43.7 Å². The van der Waals surface area contributed by atoms with Crippen LogP contribution in [-0.2, 0) is 7.05 Å². The van der Waals surface area contributed by atoms with Crippen LogP contribution in [0.1, 0.15) is 46.3 Å². The van der Waals surface area contributed by atoms with Crippen molar-refractivity contribution in [2.24, 2.45) is 7.05 Å². The third-order valence-electron chi connectivity index (χ3n) is 5.26. The van der Waals surface area contributed by atoms with Crippen LogP contribution in [0.5, 0.6) is 0 Å². The molecule has 4 rings (SSSR count). The molecule has 0 radical (unpaired) electrons. The first-order valence-corrected chi connectivity index (χ1v) is 9.22. The summed E-state index contributed by atoms with van der Waals surface area (Å²) in [6.45, 7) is 4.99. The molecule has 140 valence electrons. The molecule has 1 aliphatic rings. The zero-order valence-electron chi connectivity index (χ0n) is 15.8. The molecule has 1 aromatic carbocycles. The number of benzene rings is 1. The number of nitrogens with one attached hydrogen (secondary N) is 1. The number of nitrogens with zero attached hydrogens (tertiary/aromatic N) is 4. The van der Waals surface area contributed by atoms with Gasteiger partial charge >= 0.3 is 0 Å². The number of H-pyrrole nitrogens is 1. The number of hydrogen-bond acceptors (Lipinski definition) is 4. The minimum atomic E-state index is -0.212. The normalized spacial score (nSPS) is 17.4. The maximum atomic E-state index is 13.1. The second-order valence-electron chi connectivity index (χ2n) is 7.37. The molecule has 0 saturated carbocycles. The van der Waals surface area contributed by atoms with Gasteiger partial charge in [-0.15, -0.1) is 0 Å². The van der Waals surface area contributed by atoms with E-state index in [1.54, 1.807) is 11.1 Å². The largest absolute Gasteiger partial charge is 0.350 e. The van der Waals surface area contributed by atoms with Gasteiger partial charge in [-0.2, -0.15) is 5.10 Å².